The summed E-state index contributed by atoms with van der Waals surface area (Å²) in [5.41, 5.74) is 0. The number of hydrogen-bond donors (Lipinski definition) is 7. The van der Waals surface area contributed by atoms with Crippen molar-refractivity contribution in [1.82, 2.24) is 0 Å². The van der Waals surface area contributed by atoms with Gasteiger partial charge in [0, 0.05) is 0 Å². The highest BCUT2D eigenvalue weighted by Crippen LogP contribution is 2.28. The third kappa shape index (κ3) is 3.66. The van der Waals surface area contributed by atoms with Crippen LogP contribution in [-0.4, -0.2) is 110 Å². The van der Waals surface area contributed by atoms with Gasteiger partial charge in [0.1, 0.15) is 48.8 Å². The molecule has 2 saturated heterocycles. The zero-order valence-electron chi connectivity index (χ0n) is 12.5. The first-order chi connectivity index (χ1) is 10.8. The van der Waals surface area contributed by atoms with Crippen molar-refractivity contribution in [3.05, 3.63) is 0 Å². The van der Waals surface area contributed by atoms with Crippen LogP contribution in [0.3, 0.4) is 0 Å². The molecule has 2 aliphatic rings. The maximum atomic E-state index is 10.1. The molecule has 2 aliphatic heterocycles. The fraction of sp³-hybridized carbons (Fsp3) is 1.00. The average Bonchev–Trinajstić information content (AvgIpc) is 2.55. The number of rotatable bonds is 4. The Labute approximate surface area is 132 Å². The Morgan fingerprint density at radius 3 is 1.91 bits per heavy atom. The van der Waals surface area contributed by atoms with Crippen molar-refractivity contribution in [1.29, 1.82) is 0 Å². The second-order valence-corrected chi connectivity index (χ2v) is 5.84. The first kappa shape index (κ1) is 18.9. The van der Waals surface area contributed by atoms with Crippen LogP contribution in [0.4, 0.5) is 0 Å². The zero-order valence-corrected chi connectivity index (χ0v) is 12.5. The van der Waals surface area contributed by atoms with E-state index in [9.17, 15) is 30.6 Å². The molecule has 0 bridgehead atoms. The molecule has 0 amide bonds. The lowest BCUT2D eigenvalue weighted by Crippen LogP contribution is -2.64. The van der Waals surface area contributed by atoms with Gasteiger partial charge < -0.3 is 50.0 Å². The monoisotopic (exact) mass is 340 g/mol. The van der Waals surface area contributed by atoms with Crippen LogP contribution in [0.5, 0.6) is 0 Å². The molecule has 2 heterocycles. The van der Waals surface area contributed by atoms with Gasteiger partial charge in [-0.15, -0.1) is 0 Å². The Balaban J connectivity index is 2.11. The van der Waals surface area contributed by atoms with Gasteiger partial charge in [-0.1, -0.05) is 0 Å². The normalized spacial score (nSPS) is 51.7. The van der Waals surface area contributed by atoms with Crippen molar-refractivity contribution in [2.24, 2.45) is 0 Å². The first-order valence-electron chi connectivity index (χ1n) is 7.40. The highest BCUT2D eigenvalue weighted by atomic mass is 16.7. The molecule has 0 saturated carbocycles. The maximum Gasteiger partial charge on any atom is 0.187 e. The SMILES string of the molecule is C[C@@H]1O[C@H](CO)C(OC2O[C@H](CO)C(O)C(O)C2O)C(O)C1O. The number of aliphatic hydroxyl groups excluding tert-OH is 7. The van der Waals surface area contributed by atoms with Crippen LogP contribution in [0.25, 0.3) is 0 Å². The van der Waals surface area contributed by atoms with Gasteiger partial charge in [0.25, 0.3) is 0 Å². The third-order valence-electron chi connectivity index (χ3n) is 4.24. The standard InChI is InChI=1S/C13H24O10/c1-4-7(16)10(19)12(6(3-15)21-4)23-13-11(20)9(18)8(17)5(2-14)22-13/h4-20H,2-3H2,1H3/t4-,5+,6+,7?,8?,9?,10?,11?,12?,13?/m0/s1. The minimum Gasteiger partial charge on any atom is -0.394 e. The summed E-state index contributed by atoms with van der Waals surface area (Å²) >= 11 is 0. The van der Waals surface area contributed by atoms with E-state index in [1.165, 1.54) is 6.92 Å². The van der Waals surface area contributed by atoms with Crippen molar-refractivity contribution in [3.8, 4) is 0 Å². The number of ether oxygens (including phenoxy) is 3. The highest BCUT2D eigenvalue weighted by Gasteiger charge is 2.49. The van der Waals surface area contributed by atoms with Gasteiger partial charge in [-0.2, -0.15) is 0 Å². The summed E-state index contributed by atoms with van der Waals surface area (Å²) in [5.74, 6) is 0. The predicted molar refractivity (Wildman–Crippen MR) is 72.1 cm³/mol. The molecule has 0 aromatic heterocycles. The molecule has 0 aliphatic carbocycles. The Morgan fingerprint density at radius 2 is 1.35 bits per heavy atom. The van der Waals surface area contributed by atoms with E-state index in [4.69, 9.17) is 19.3 Å². The van der Waals surface area contributed by atoms with Crippen LogP contribution in [0.15, 0.2) is 0 Å². The predicted octanol–water partition coefficient (Wildman–Crippen LogP) is -4.33. The summed E-state index contributed by atoms with van der Waals surface area (Å²) in [6.45, 7) is 0.369. The minimum atomic E-state index is -1.66. The lowest BCUT2D eigenvalue weighted by Gasteiger charge is -2.45. The van der Waals surface area contributed by atoms with Gasteiger partial charge in [-0.3, -0.25) is 0 Å². The lowest BCUT2D eigenvalue weighted by atomic mass is 9.95. The summed E-state index contributed by atoms with van der Waals surface area (Å²) in [4.78, 5) is 0. The van der Waals surface area contributed by atoms with Crippen LogP contribution < -0.4 is 0 Å². The molecule has 0 radical (unpaired) electrons. The second-order valence-electron chi connectivity index (χ2n) is 5.84. The summed E-state index contributed by atoms with van der Waals surface area (Å²) in [7, 11) is 0. The Hall–Kier alpha value is -0.400. The van der Waals surface area contributed by atoms with Crippen molar-refractivity contribution in [2.75, 3.05) is 13.2 Å². The summed E-state index contributed by atoms with van der Waals surface area (Å²) in [5, 5.41) is 67.8. The molecular weight excluding hydrogens is 316 g/mol. The van der Waals surface area contributed by atoms with Crippen LogP contribution in [0.2, 0.25) is 0 Å². The van der Waals surface area contributed by atoms with E-state index in [1.807, 2.05) is 0 Å². The molecule has 136 valence electrons. The molecule has 2 fully saturated rings. The summed E-state index contributed by atoms with van der Waals surface area (Å²) in [6, 6.07) is 0. The van der Waals surface area contributed by atoms with Gasteiger partial charge in [0.2, 0.25) is 0 Å². The van der Waals surface area contributed by atoms with Gasteiger partial charge in [-0.05, 0) is 6.92 Å². The average molecular weight is 340 g/mol. The molecule has 0 aromatic carbocycles. The van der Waals surface area contributed by atoms with Crippen molar-refractivity contribution in [2.45, 2.75) is 68.1 Å². The van der Waals surface area contributed by atoms with Gasteiger partial charge in [0.05, 0.1) is 19.3 Å². The van der Waals surface area contributed by atoms with Crippen LogP contribution in [0, 0.1) is 0 Å². The molecule has 10 heteroatoms. The van der Waals surface area contributed by atoms with Crippen LogP contribution in [0.1, 0.15) is 6.92 Å². The zero-order chi connectivity index (χ0) is 17.3. The molecule has 0 spiro atoms. The lowest BCUT2D eigenvalue weighted by molar-refractivity contribution is -0.341. The first-order valence-corrected chi connectivity index (χ1v) is 7.40. The summed E-state index contributed by atoms with van der Waals surface area (Å²) < 4.78 is 15.9. The molecule has 7 unspecified atom stereocenters. The smallest absolute Gasteiger partial charge is 0.187 e. The quantitative estimate of drug-likeness (QED) is 0.265. The molecular formula is C13H24O10. The largest absolute Gasteiger partial charge is 0.394 e. The Kier molecular flexibility index (Phi) is 6.30. The fourth-order valence-corrected chi connectivity index (χ4v) is 2.78. The van der Waals surface area contributed by atoms with Crippen LogP contribution >= 0.6 is 0 Å². The fourth-order valence-electron chi connectivity index (χ4n) is 2.78. The Morgan fingerprint density at radius 1 is 0.739 bits per heavy atom. The maximum absolute atomic E-state index is 10.1. The van der Waals surface area contributed by atoms with Crippen molar-refractivity contribution < 1.29 is 50.0 Å². The van der Waals surface area contributed by atoms with Crippen molar-refractivity contribution >= 4 is 0 Å². The molecule has 2 rings (SSSR count). The Bertz CT molecular complexity index is 378. The molecule has 0 aromatic rings. The van der Waals surface area contributed by atoms with E-state index in [1.54, 1.807) is 0 Å². The van der Waals surface area contributed by atoms with Gasteiger partial charge in [0.15, 0.2) is 6.29 Å². The summed E-state index contributed by atoms with van der Waals surface area (Å²) in [6.07, 6.45) is -13.2. The van der Waals surface area contributed by atoms with E-state index in [2.05, 4.69) is 0 Å². The third-order valence-corrected chi connectivity index (χ3v) is 4.24. The van der Waals surface area contributed by atoms with E-state index in [-0.39, 0.29) is 0 Å². The van der Waals surface area contributed by atoms with Gasteiger partial charge >= 0.3 is 0 Å². The molecule has 10 nitrogen and oxygen atoms in total. The number of hydrogen-bond acceptors (Lipinski definition) is 10. The van der Waals surface area contributed by atoms with Gasteiger partial charge in [-0.25, -0.2) is 0 Å². The molecule has 7 N–H and O–H groups in total. The van der Waals surface area contributed by atoms with Crippen molar-refractivity contribution in [3.63, 3.8) is 0 Å². The second kappa shape index (κ2) is 7.66. The highest BCUT2D eigenvalue weighted by molar-refractivity contribution is 4.94. The van der Waals surface area contributed by atoms with Crippen LogP contribution in [-0.2, 0) is 14.2 Å². The number of aliphatic hydroxyl groups is 7. The van der Waals surface area contributed by atoms with E-state index in [0.29, 0.717) is 0 Å². The minimum absolute atomic E-state index is 0.518. The van der Waals surface area contributed by atoms with E-state index >= 15 is 0 Å². The van der Waals surface area contributed by atoms with E-state index < -0.39 is 74.4 Å². The topological polar surface area (TPSA) is 169 Å². The van der Waals surface area contributed by atoms with E-state index in [0.717, 1.165) is 0 Å². The molecule has 23 heavy (non-hydrogen) atoms. The molecule has 10 atom stereocenters.